The van der Waals surface area contributed by atoms with Crippen molar-refractivity contribution in [3.05, 3.63) is 71.6 Å². The second-order valence-electron chi connectivity index (χ2n) is 8.69. The van der Waals surface area contributed by atoms with Gasteiger partial charge >= 0.3 is 6.03 Å². The minimum absolute atomic E-state index is 0.135. The zero-order valence-corrected chi connectivity index (χ0v) is 20.3. The Balaban J connectivity index is 0.000000196. The van der Waals surface area contributed by atoms with Crippen LogP contribution in [0.2, 0.25) is 0 Å². The molecule has 4 rings (SSSR count). The number of likely N-dealkylation sites (tertiary alicyclic amines) is 1. The molecular weight excluding hydrogens is 454 g/mol. The highest BCUT2D eigenvalue weighted by Gasteiger charge is 2.24. The van der Waals surface area contributed by atoms with Crippen molar-refractivity contribution in [2.75, 3.05) is 38.7 Å². The smallest absolute Gasteiger partial charge is 0.319 e. The van der Waals surface area contributed by atoms with Gasteiger partial charge in [-0.25, -0.2) is 18.6 Å². The van der Waals surface area contributed by atoms with E-state index in [1.807, 2.05) is 44.2 Å². The molecule has 1 aromatic heterocycles. The topological polar surface area (TPSA) is 93.6 Å². The third kappa shape index (κ3) is 7.34. The third-order valence-corrected chi connectivity index (χ3v) is 5.72. The molecule has 3 N–H and O–H groups in total. The van der Waals surface area contributed by atoms with Crippen LogP contribution in [0, 0.1) is 11.6 Å². The number of methoxy groups -OCH3 is 1. The number of urea groups is 1. The van der Waals surface area contributed by atoms with Crippen LogP contribution in [-0.2, 0) is 4.74 Å². The Kier molecular flexibility index (Phi) is 9.33. The van der Waals surface area contributed by atoms with E-state index in [4.69, 9.17) is 14.9 Å². The average molecular weight is 487 g/mol. The summed E-state index contributed by atoms with van der Waals surface area (Å²) in [5.41, 5.74) is 7.48. The number of carbonyl (C=O) groups is 1. The molecule has 188 valence electrons. The molecule has 1 aliphatic rings. The quantitative estimate of drug-likeness (QED) is 0.469. The van der Waals surface area contributed by atoms with E-state index in [2.05, 4.69) is 15.2 Å². The monoisotopic (exact) mass is 486 g/mol. The lowest BCUT2D eigenvalue weighted by Gasteiger charge is -2.15. The van der Waals surface area contributed by atoms with Crippen LogP contribution < -0.4 is 11.1 Å². The summed E-state index contributed by atoms with van der Waals surface area (Å²) in [7, 11) is 1.68. The third-order valence-electron chi connectivity index (χ3n) is 5.72. The molecule has 1 unspecified atom stereocenters. The SMILES string of the molecule is CC(C)c1nc(-c2ccccc2)c(NC(N)=O)o1.COCCN1CCC(c2ccc(F)c(F)c2)C1. The normalized spacial score (nSPS) is 15.7. The lowest BCUT2D eigenvalue weighted by atomic mass is 9.98. The van der Waals surface area contributed by atoms with Gasteiger partial charge in [0.25, 0.3) is 0 Å². The Morgan fingerprint density at radius 3 is 2.60 bits per heavy atom. The molecule has 0 aliphatic carbocycles. The van der Waals surface area contributed by atoms with Gasteiger partial charge in [-0.3, -0.25) is 5.32 Å². The summed E-state index contributed by atoms with van der Waals surface area (Å²) in [6.45, 7) is 7.44. The second-order valence-corrected chi connectivity index (χ2v) is 8.69. The van der Waals surface area contributed by atoms with E-state index in [0.717, 1.165) is 37.2 Å². The van der Waals surface area contributed by atoms with Crippen molar-refractivity contribution in [1.82, 2.24) is 9.88 Å². The molecule has 3 aromatic rings. The molecule has 2 amide bonds. The Labute approximate surface area is 204 Å². The Morgan fingerprint density at radius 1 is 1.23 bits per heavy atom. The highest BCUT2D eigenvalue weighted by molar-refractivity contribution is 5.90. The summed E-state index contributed by atoms with van der Waals surface area (Å²) in [6, 6.07) is 13.0. The molecule has 1 saturated heterocycles. The molecule has 9 heteroatoms. The first-order chi connectivity index (χ1) is 16.8. The molecule has 1 aliphatic heterocycles. The minimum Gasteiger partial charge on any atom is -0.424 e. The van der Waals surface area contributed by atoms with E-state index < -0.39 is 17.7 Å². The molecule has 1 atom stereocenters. The number of carbonyl (C=O) groups excluding carboxylic acids is 1. The van der Waals surface area contributed by atoms with Crippen LogP contribution in [-0.4, -0.2) is 49.3 Å². The van der Waals surface area contributed by atoms with Gasteiger partial charge < -0.3 is 19.8 Å². The molecule has 1 fully saturated rings. The van der Waals surface area contributed by atoms with Crippen LogP contribution in [0.25, 0.3) is 11.3 Å². The number of nitrogens with zero attached hydrogens (tertiary/aromatic N) is 2. The number of hydrogen-bond acceptors (Lipinski definition) is 5. The number of anilines is 1. The molecule has 0 radical (unpaired) electrons. The van der Waals surface area contributed by atoms with Gasteiger partial charge in [-0.15, -0.1) is 0 Å². The average Bonchev–Trinajstić information content (AvgIpc) is 3.48. The number of aromatic nitrogens is 1. The van der Waals surface area contributed by atoms with Gasteiger partial charge in [0.2, 0.25) is 5.88 Å². The lowest BCUT2D eigenvalue weighted by molar-refractivity contribution is 0.160. The van der Waals surface area contributed by atoms with Gasteiger partial charge in [0.1, 0.15) is 5.69 Å². The van der Waals surface area contributed by atoms with E-state index in [0.29, 0.717) is 24.1 Å². The lowest BCUT2D eigenvalue weighted by Crippen LogP contribution is -2.24. The van der Waals surface area contributed by atoms with E-state index in [1.165, 1.54) is 12.1 Å². The van der Waals surface area contributed by atoms with Gasteiger partial charge in [0, 0.05) is 31.7 Å². The number of primary amides is 1. The first kappa shape index (κ1) is 26.3. The minimum atomic E-state index is -0.775. The standard InChI is InChI=1S/C13H17F2NO.C13H15N3O2/c1-17-7-6-16-5-4-11(9-16)10-2-3-12(14)13(15)8-10;1-8(2)11-15-10(9-6-4-3-5-7-9)12(18-11)16-13(14)17/h2-3,8,11H,4-7,9H2,1H3;3-8H,1-2H3,(H3,14,16,17). The number of amides is 2. The first-order valence-electron chi connectivity index (χ1n) is 11.6. The summed E-state index contributed by atoms with van der Waals surface area (Å²) in [5, 5.41) is 2.46. The molecule has 0 spiro atoms. The number of oxazole rings is 1. The zero-order valence-electron chi connectivity index (χ0n) is 20.3. The van der Waals surface area contributed by atoms with Crippen molar-refractivity contribution in [2.24, 2.45) is 5.73 Å². The van der Waals surface area contributed by atoms with E-state index in [-0.39, 0.29) is 11.8 Å². The predicted octanol–water partition coefficient (Wildman–Crippen LogP) is 5.36. The fourth-order valence-electron chi connectivity index (χ4n) is 3.87. The van der Waals surface area contributed by atoms with Crippen molar-refractivity contribution in [3.8, 4) is 11.3 Å². The number of nitrogens with one attached hydrogen (secondary N) is 1. The fourth-order valence-corrected chi connectivity index (χ4v) is 3.87. The first-order valence-corrected chi connectivity index (χ1v) is 11.6. The largest absolute Gasteiger partial charge is 0.424 e. The maximum atomic E-state index is 13.1. The number of hydrogen-bond donors (Lipinski definition) is 2. The second kappa shape index (κ2) is 12.4. The van der Waals surface area contributed by atoms with E-state index >= 15 is 0 Å². The molecule has 2 aromatic carbocycles. The summed E-state index contributed by atoms with van der Waals surface area (Å²) >= 11 is 0. The maximum Gasteiger partial charge on any atom is 0.319 e. The van der Waals surface area contributed by atoms with Gasteiger partial charge in [0.15, 0.2) is 17.5 Å². The highest BCUT2D eigenvalue weighted by Crippen LogP contribution is 2.31. The molecule has 7 nitrogen and oxygen atoms in total. The van der Waals surface area contributed by atoms with Crippen LogP contribution in [0.4, 0.5) is 19.5 Å². The number of halogens is 2. The summed E-state index contributed by atoms with van der Waals surface area (Å²) in [5.74, 6) is -0.228. The molecule has 0 bridgehead atoms. The number of rotatable bonds is 7. The van der Waals surface area contributed by atoms with Gasteiger partial charge in [-0.2, -0.15) is 0 Å². The van der Waals surface area contributed by atoms with Gasteiger partial charge in [-0.05, 0) is 36.6 Å². The fraction of sp³-hybridized carbons (Fsp3) is 0.385. The van der Waals surface area contributed by atoms with Crippen molar-refractivity contribution < 1.29 is 22.7 Å². The van der Waals surface area contributed by atoms with Crippen molar-refractivity contribution in [1.29, 1.82) is 0 Å². The predicted molar refractivity (Wildman–Crippen MR) is 131 cm³/mol. The van der Waals surface area contributed by atoms with Crippen molar-refractivity contribution in [3.63, 3.8) is 0 Å². The number of nitrogens with two attached hydrogens (primary N) is 1. The van der Waals surface area contributed by atoms with Crippen LogP contribution >= 0.6 is 0 Å². The van der Waals surface area contributed by atoms with Gasteiger partial charge in [0.05, 0.1) is 6.61 Å². The Hall–Kier alpha value is -3.30. The van der Waals surface area contributed by atoms with Crippen molar-refractivity contribution in [2.45, 2.75) is 32.1 Å². The molecule has 0 saturated carbocycles. The highest BCUT2D eigenvalue weighted by atomic mass is 19.2. The van der Waals surface area contributed by atoms with E-state index in [1.54, 1.807) is 13.2 Å². The van der Waals surface area contributed by atoms with Crippen LogP contribution in [0.5, 0.6) is 0 Å². The Morgan fingerprint density at radius 2 is 1.97 bits per heavy atom. The number of ether oxygens (including phenoxy) is 1. The van der Waals surface area contributed by atoms with Crippen LogP contribution in [0.1, 0.15) is 43.6 Å². The Bertz CT molecular complexity index is 1110. The van der Waals surface area contributed by atoms with Crippen molar-refractivity contribution >= 4 is 11.9 Å². The summed E-state index contributed by atoms with van der Waals surface area (Å²) < 4.78 is 36.5. The summed E-state index contributed by atoms with van der Waals surface area (Å²) in [6.07, 6.45) is 0.995. The zero-order chi connectivity index (χ0) is 25.4. The molecule has 35 heavy (non-hydrogen) atoms. The maximum absolute atomic E-state index is 13.1. The number of benzene rings is 2. The summed E-state index contributed by atoms with van der Waals surface area (Å²) in [4.78, 5) is 17.6. The van der Waals surface area contributed by atoms with Crippen LogP contribution in [0.3, 0.4) is 0 Å². The molecule has 2 heterocycles. The van der Waals surface area contributed by atoms with Crippen LogP contribution in [0.15, 0.2) is 52.9 Å². The van der Waals surface area contributed by atoms with Gasteiger partial charge in [-0.1, -0.05) is 50.2 Å². The molecular formula is C26H32F2N4O3. The van der Waals surface area contributed by atoms with E-state index in [9.17, 15) is 13.6 Å².